The predicted molar refractivity (Wildman–Crippen MR) is 164 cm³/mol. The number of para-hydroxylation sites is 2. The topological polar surface area (TPSA) is 16.4 Å². The van der Waals surface area contributed by atoms with Crippen molar-refractivity contribution in [2.45, 2.75) is 0 Å². The van der Waals surface area contributed by atoms with Gasteiger partial charge in [-0.3, -0.25) is 0 Å². The Labute approximate surface area is 232 Å². The van der Waals surface area contributed by atoms with Gasteiger partial charge < -0.3 is 9.32 Å². The molecule has 0 bridgehead atoms. The fraction of sp³-hybridized carbons (Fsp3) is 0. The van der Waals surface area contributed by atoms with E-state index in [1.807, 2.05) is 42.5 Å². The maximum absolute atomic E-state index is 6.58. The summed E-state index contributed by atoms with van der Waals surface area (Å²) in [5.74, 6) is 0. The van der Waals surface area contributed by atoms with Crippen molar-refractivity contribution in [1.82, 2.24) is 0 Å². The molecule has 0 aliphatic rings. The van der Waals surface area contributed by atoms with Crippen LogP contribution in [0.25, 0.3) is 44.2 Å². The Kier molecular flexibility index (Phi) is 5.88. The van der Waals surface area contributed by atoms with Crippen LogP contribution in [0.4, 0.5) is 17.1 Å². The minimum Gasteiger partial charge on any atom is -0.456 e. The smallest absolute Gasteiger partial charge is 0.135 e. The number of halogens is 1. The van der Waals surface area contributed by atoms with E-state index in [-0.39, 0.29) is 0 Å². The lowest BCUT2D eigenvalue weighted by Gasteiger charge is -2.25. The lowest BCUT2D eigenvalue weighted by molar-refractivity contribution is 0.669. The van der Waals surface area contributed by atoms with E-state index in [2.05, 4.69) is 108 Å². The molecule has 0 atom stereocenters. The van der Waals surface area contributed by atoms with E-state index in [1.165, 1.54) is 0 Å². The first-order valence-electron chi connectivity index (χ1n) is 13.0. The van der Waals surface area contributed by atoms with Crippen LogP contribution in [0.3, 0.4) is 0 Å². The second-order valence-corrected chi connectivity index (χ2v) is 9.96. The second-order valence-electron chi connectivity index (χ2n) is 9.56. The molecule has 7 rings (SSSR count). The van der Waals surface area contributed by atoms with E-state index in [0.29, 0.717) is 0 Å². The molecule has 0 N–H and O–H groups in total. The Morgan fingerprint density at radius 2 is 1.05 bits per heavy atom. The maximum Gasteiger partial charge on any atom is 0.135 e. The molecule has 0 fully saturated rings. The first-order chi connectivity index (χ1) is 19.2. The van der Waals surface area contributed by atoms with Gasteiger partial charge in [-0.25, -0.2) is 0 Å². The third-order valence-electron chi connectivity index (χ3n) is 7.14. The summed E-state index contributed by atoms with van der Waals surface area (Å²) in [5, 5.41) is 2.98. The third-order valence-corrected chi connectivity index (χ3v) is 7.47. The molecule has 0 amide bonds. The van der Waals surface area contributed by atoms with Crippen LogP contribution >= 0.6 is 11.6 Å². The minimum atomic E-state index is 0.749. The molecule has 7 aromatic rings. The lowest BCUT2D eigenvalue weighted by atomic mass is 9.98. The summed E-state index contributed by atoms with van der Waals surface area (Å²) < 4.78 is 6.09. The molecule has 0 unspecified atom stereocenters. The highest BCUT2D eigenvalue weighted by molar-refractivity contribution is 6.33. The van der Waals surface area contributed by atoms with Crippen molar-refractivity contribution in [1.29, 1.82) is 0 Å². The van der Waals surface area contributed by atoms with Crippen molar-refractivity contribution in [3.63, 3.8) is 0 Å². The van der Waals surface area contributed by atoms with Crippen LogP contribution < -0.4 is 4.90 Å². The van der Waals surface area contributed by atoms with Gasteiger partial charge in [-0.1, -0.05) is 96.5 Å². The molecule has 186 valence electrons. The predicted octanol–water partition coefficient (Wildman–Crippen LogP) is 11.0. The number of furan rings is 1. The summed E-state index contributed by atoms with van der Waals surface area (Å²) in [7, 11) is 0. The van der Waals surface area contributed by atoms with Gasteiger partial charge in [0.15, 0.2) is 0 Å². The SMILES string of the molecule is Clc1ccc(-c2ccc(N(c3ccccc3)c3ccc4oc5ccccc5c4c3)cc2)cc1-c1ccccc1. The third kappa shape index (κ3) is 4.35. The van der Waals surface area contributed by atoms with Crippen LogP contribution in [0.2, 0.25) is 5.02 Å². The average molecular weight is 522 g/mol. The van der Waals surface area contributed by atoms with Gasteiger partial charge in [0, 0.05) is 38.4 Å². The summed E-state index contributed by atoms with van der Waals surface area (Å²) in [6.07, 6.45) is 0. The number of hydrogen-bond donors (Lipinski definition) is 0. The molecule has 3 heteroatoms. The highest BCUT2D eigenvalue weighted by Crippen LogP contribution is 2.39. The molecule has 0 aliphatic heterocycles. The van der Waals surface area contributed by atoms with Crippen molar-refractivity contribution in [2.24, 2.45) is 0 Å². The van der Waals surface area contributed by atoms with Gasteiger partial charge >= 0.3 is 0 Å². The zero-order chi connectivity index (χ0) is 26.2. The van der Waals surface area contributed by atoms with Crippen LogP contribution in [0, 0.1) is 0 Å². The second kappa shape index (κ2) is 9.83. The Bertz CT molecular complexity index is 1910. The van der Waals surface area contributed by atoms with E-state index in [4.69, 9.17) is 16.0 Å². The fourth-order valence-corrected chi connectivity index (χ4v) is 5.45. The molecule has 39 heavy (non-hydrogen) atoms. The fourth-order valence-electron chi connectivity index (χ4n) is 5.22. The van der Waals surface area contributed by atoms with E-state index >= 15 is 0 Å². The lowest BCUT2D eigenvalue weighted by Crippen LogP contribution is -2.09. The van der Waals surface area contributed by atoms with Crippen molar-refractivity contribution in [3.05, 3.63) is 151 Å². The summed E-state index contributed by atoms with van der Waals surface area (Å²) >= 11 is 6.58. The van der Waals surface area contributed by atoms with Gasteiger partial charge in [0.25, 0.3) is 0 Å². The first-order valence-corrected chi connectivity index (χ1v) is 13.3. The van der Waals surface area contributed by atoms with Crippen LogP contribution in [0.15, 0.2) is 150 Å². The molecular weight excluding hydrogens is 498 g/mol. The Hall–Kier alpha value is -4.79. The molecule has 0 aliphatic carbocycles. The molecule has 0 spiro atoms. The van der Waals surface area contributed by atoms with E-state index in [9.17, 15) is 0 Å². The summed E-state index contributed by atoms with van der Waals surface area (Å²) in [4.78, 5) is 2.28. The normalized spacial score (nSPS) is 11.2. The van der Waals surface area contributed by atoms with Gasteiger partial charge in [-0.15, -0.1) is 0 Å². The first kappa shape index (κ1) is 23.3. The van der Waals surface area contributed by atoms with Crippen molar-refractivity contribution in [3.8, 4) is 22.3 Å². The molecule has 0 radical (unpaired) electrons. The van der Waals surface area contributed by atoms with Crippen LogP contribution in [-0.4, -0.2) is 0 Å². The molecule has 1 heterocycles. The largest absolute Gasteiger partial charge is 0.456 e. The van der Waals surface area contributed by atoms with Crippen molar-refractivity contribution in [2.75, 3.05) is 4.90 Å². The monoisotopic (exact) mass is 521 g/mol. The van der Waals surface area contributed by atoms with Gasteiger partial charge in [0.1, 0.15) is 11.2 Å². The Morgan fingerprint density at radius 3 is 1.85 bits per heavy atom. The van der Waals surface area contributed by atoms with E-state index in [1.54, 1.807) is 0 Å². The number of rotatable bonds is 5. The van der Waals surface area contributed by atoms with Gasteiger partial charge in [0.05, 0.1) is 0 Å². The Morgan fingerprint density at radius 1 is 0.436 bits per heavy atom. The number of fused-ring (bicyclic) bond motifs is 3. The molecule has 0 saturated heterocycles. The highest BCUT2D eigenvalue weighted by atomic mass is 35.5. The summed E-state index contributed by atoms with van der Waals surface area (Å²) in [5.41, 5.74) is 9.44. The van der Waals surface area contributed by atoms with Crippen molar-refractivity contribution < 1.29 is 4.42 Å². The number of benzene rings is 6. The molecule has 0 saturated carbocycles. The molecule has 1 aromatic heterocycles. The van der Waals surface area contributed by atoms with Crippen LogP contribution in [0.1, 0.15) is 0 Å². The highest BCUT2D eigenvalue weighted by Gasteiger charge is 2.15. The van der Waals surface area contributed by atoms with Crippen molar-refractivity contribution >= 4 is 50.6 Å². The molecular formula is C36H24ClNO. The summed E-state index contributed by atoms with van der Waals surface area (Å²) in [6, 6.07) is 50.3. The van der Waals surface area contributed by atoms with Crippen LogP contribution in [0.5, 0.6) is 0 Å². The van der Waals surface area contributed by atoms with E-state index in [0.717, 1.165) is 66.3 Å². The zero-order valence-corrected chi connectivity index (χ0v) is 21.8. The Balaban J connectivity index is 1.31. The van der Waals surface area contributed by atoms with Gasteiger partial charge in [0.2, 0.25) is 0 Å². The van der Waals surface area contributed by atoms with E-state index < -0.39 is 0 Å². The van der Waals surface area contributed by atoms with Crippen LogP contribution in [-0.2, 0) is 0 Å². The zero-order valence-electron chi connectivity index (χ0n) is 21.1. The average Bonchev–Trinajstić information content (AvgIpc) is 3.37. The van der Waals surface area contributed by atoms with Gasteiger partial charge in [-0.2, -0.15) is 0 Å². The maximum atomic E-state index is 6.58. The summed E-state index contributed by atoms with van der Waals surface area (Å²) in [6.45, 7) is 0. The van der Waals surface area contributed by atoms with Gasteiger partial charge in [-0.05, 0) is 77.4 Å². The number of hydrogen-bond acceptors (Lipinski definition) is 2. The number of nitrogens with zero attached hydrogens (tertiary/aromatic N) is 1. The quantitative estimate of drug-likeness (QED) is 0.224. The molecule has 6 aromatic carbocycles. The standard InChI is InChI=1S/C36H24ClNO/c37-34-21-17-27(23-32(34)26-9-3-1-4-10-26)25-15-18-29(19-16-25)38(28-11-5-2-6-12-28)30-20-22-36-33(24-30)31-13-7-8-14-35(31)39-36/h1-24H. The molecule has 2 nitrogen and oxygen atoms in total. The number of anilines is 3. The minimum absolute atomic E-state index is 0.749.